The number of hydrogen-bond acceptors (Lipinski definition) is 3. The fraction of sp³-hybridized carbons (Fsp3) is 0.400. The summed E-state index contributed by atoms with van der Waals surface area (Å²) in [5, 5.41) is 7.51. The second kappa shape index (κ2) is 7.02. The molecule has 0 aliphatic carbocycles. The normalized spacial score (nSPS) is 21.0. The van der Waals surface area contributed by atoms with Gasteiger partial charge >= 0.3 is 6.03 Å². The molecule has 6 nitrogen and oxygen atoms in total. The number of rotatable bonds is 5. The van der Waals surface area contributed by atoms with E-state index in [1.54, 1.807) is 19.1 Å². The molecule has 1 aliphatic heterocycles. The molecule has 118 valence electrons. The van der Waals surface area contributed by atoms with Gasteiger partial charge in [0.05, 0.1) is 5.92 Å². The first kappa shape index (κ1) is 15.9. The maximum Gasteiger partial charge on any atom is 0.321 e. The quantitative estimate of drug-likeness (QED) is 0.760. The van der Waals surface area contributed by atoms with E-state index < -0.39 is 11.9 Å². The third-order valence-electron chi connectivity index (χ3n) is 3.62. The lowest BCUT2D eigenvalue weighted by Gasteiger charge is -2.28. The molecule has 2 rings (SSSR count). The van der Waals surface area contributed by atoms with E-state index in [1.807, 2.05) is 0 Å². The predicted octanol–water partition coefficient (Wildman–Crippen LogP) is 1.07. The summed E-state index contributed by atoms with van der Waals surface area (Å²) >= 11 is 0. The van der Waals surface area contributed by atoms with E-state index in [0.717, 1.165) is 5.56 Å². The molecule has 0 spiro atoms. The van der Waals surface area contributed by atoms with Gasteiger partial charge in [0, 0.05) is 19.0 Å². The Morgan fingerprint density at radius 2 is 1.95 bits per heavy atom. The SMILES string of the molecule is CC1NC(=O)NC(=O)C1CCC(=O)NCc1ccc(F)cc1. The van der Waals surface area contributed by atoms with E-state index in [2.05, 4.69) is 16.0 Å². The Kier molecular flexibility index (Phi) is 5.08. The van der Waals surface area contributed by atoms with Gasteiger partial charge in [0.1, 0.15) is 5.82 Å². The van der Waals surface area contributed by atoms with Gasteiger partial charge in [0.15, 0.2) is 0 Å². The maximum absolute atomic E-state index is 12.8. The van der Waals surface area contributed by atoms with E-state index in [9.17, 15) is 18.8 Å². The topological polar surface area (TPSA) is 87.3 Å². The summed E-state index contributed by atoms with van der Waals surface area (Å²) in [6.45, 7) is 2.04. The molecule has 2 unspecified atom stereocenters. The van der Waals surface area contributed by atoms with E-state index in [1.165, 1.54) is 12.1 Å². The van der Waals surface area contributed by atoms with Crippen LogP contribution < -0.4 is 16.0 Å². The Labute approximate surface area is 127 Å². The van der Waals surface area contributed by atoms with Crippen molar-refractivity contribution in [3.63, 3.8) is 0 Å². The first-order valence-electron chi connectivity index (χ1n) is 7.08. The van der Waals surface area contributed by atoms with Gasteiger partial charge in [-0.15, -0.1) is 0 Å². The molecular weight excluding hydrogens is 289 g/mol. The second-order valence-corrected chi connectivity index (χ2v) is 5.30. The number of benzene rings is 1. The standard InChI is InChI=1S/C15H18FN3O3/c1-9-12(14(21)19-15(22)18-9)6-7-13(20)17-8-10-2-4-11(16)5-3-10/h2-5,9,12H,6-8H2,1H3,(H,17,20)(H2,18,19,21,22). The molecule has 22 heavy (non-hydrogen) atoms. The highest BCUT2D eigenvalue weighted by Crippen LogP contribution is 2.15. The molecule has 0 radical (unpaired) electrons. The van der Waals surface area contributed by atoms with Crippen molar-refractivity contribution < 1.29 is 18.8 Å². The van der Waals surface area contributed by atoms with Crippen molar-refractivity contribution in [1.29, 1.82) is 0 Å². The number of amides is 4. The van der Waals surface area contributed by atoms with Gasteiger partial charge in [-0.2, -0.15) is 0 Å². The number of imide groups is 1. The lowest BCUT2D eigenvalue weighted by atomic mass is 9.93. The minimum atomic E-state index is -0.505. The average molecular weight is 307 g/mol. The van der Waals surface area contributed by atoms with Gasteiger partial charge < -0.3 is 10.6 Å². The summed E-state index contributed by atoms with van der Waals surface area (Å²) in [6, 6.07) is 5.06. The lowest BCUT2D eigenvalue weighted by Crippen LogP contribution is -2.57. The Morgan fingerprint density at radius 1 is 1.27 bits per heavy atom. The molecule has 1 aliphatic rings. The molecule has 1 heterocycles. The molecule has 1 fully saturated rings. The smallest absolute Gasteiger partial charge is 0.321 e. The van der Waals surface area contributed by atoms with Crippen LogP contribution in [0.3, 0.4) is 0 Å². The molecule has 0 bridgehead atoms. The molecule has 2 atom stereocenters. The zero-order valence-electron chi connectivity index (χ0n) is 12.2. The molecular formula is C15H18FN3O3. The van der Waals surface area contributed by atoms with Gasteiger partial charge in [-0.3, -0.25) is 14.9 Å². The van der Waals surface area contributed by atoms with E-state index in [-0.39, 0.29) is 30.1 Å². The van der Waals surface area contributed by atoms with Crippen LogP contribution in [0.15, 0.2) is 24.3 Å². The van der Waals surface area contributed by atoms with Gasteiger partial charge in [0.2, 0.25) is 11.8 Å². The zero-order chi connectivity index (χ0) is 16.1. The number of carbonyl (C=O) groups excluding carboxylic acids is 3. The molecule has 7 heteroatoms. The molecule has 3 N–H and O–H groups in total. The summed E-state index contributed by atoms with van der Waals surface area (Å²) in [5.74, 6) is -1.30. The van der Waals surface area contributed by atoms with Crippen molar-refractivity contribution in [3.05, 3.63) is 35.6 Å². The van der Waals surface area contributed by atoms with Crippen molar-refractivity contribution in [1.82, 2.24) is 16.0 Å². The van der Waals surface area contributed by atoms with Crippen molar-refractivity contribution in [2.75, 3.05) is 0 Å². The number of nitrogens with one attached hydrogen (secondary N) is 3. The largest absolute Gasteiger partial charge is 0.352 e. The lowest BCUT2D eigenvalue weighted by molar-refractivity contribution is -0.126. The Hall–Kier alpha value is -2.44. The summed E-state index contributed by atoms with van der Waals surface area (Å²) in [6.07, 6.45) is 0.530. The predicted molar refractivity (Wildman–Crippen MR) is 77.1 cm³/mol. The molecule has 0 saturated carbocycles. The fourth-order valence-corrected chi connectivity index (χ4v) is 2.33. The highest BCUT2D eigenvalue weighted by atomic mass is 19.1. The molecule has 1 aromatic rings. The van der Waals surface area contributed by atoms with Crippen LogP contribution in [0.1, 0.15) is 25.3 Å². The van der Waals surface area contributed by atoms with Gasteiger partial charge in [-0.05, 0) is 31.0 Å². The summed E-state index contributed by atoms with van der Waals surface area (Å²) < 4.78 is 12.8. The van der Waals surface area contributed by atoms with Crippen LogP contribution in [-0.4, -0.2) is 23.9 Å². The molecule has 1 aromatic carbocycles. The van der Waals surface area contributed by atoms with Crippen LogP contribution >= 0.6 is 0 Å². The van der Waals surface area contributed by atoms with Crippen LogP contribution in [0.2, 0.25) is 0 Å². The number of halogens is 1. The van der Waals surface area contributed by atoms with E-state index >= 15 is 0 Å². The Balaban J connectivity index is 1.76. The average Bonchev–Trinajstić information content (AvgIpc) is 2.45. The molecule has 0 aromatic heterocycles. The monoisotopic (exact) mass is 307 g/mol. The van der Waals surface area contributed by atoms with Crippen LogP contribution in [-0.2, 0) is 16.1 Å². The highest BCUT2D eigenvalue weighted by Gasteiger charge is 2.32. The Morgan fingerprint density at radius 3 is 2.59 bits per heavy atom. The van der Waals surface area contributed by atoms with Crippen LogP contribution in [0.5, 0.6) is 0 Å². The fourth-order valence-electron chi connectivity index (χ4n) is 2.33. The third kappa shape index (κ3) is 4.28. The number of carbonyl (C=O) groups is 3. The first-order chi connectivity index (χ1) is 10.5. The van der Waals surface area contributed by atoms with E-state index in [4.69, 9.17) is 0 Å². The van der Waals surface area contributed by atoms with Crippen molar-refractivity contribution in [2.45, 2.75) is 32.4 Å². The van der Waals surface area contributed by atoms with Gasteiger partial charge in [-0.25, -0.2) is 9.18 Å². The molecule has 4 amide bonds. The molecule has 1 saturated heterocycles. The minimum Gasteiger partial charge on any atom is -0.352 e. The minimum absolute atomic E-state index is 0.180. The summed E-state index contributed by atoms with van der Waals surface area (Å²) in [4.78, 5) is 34.6. The highest BCUT2D eigenvalue weighted by molar-refractivity contribution is 5.98. The zero-order valence-corrected chi connectivity index (χ0v) is 12.2. The van der Waals surface area contributed by atoms with Crippen LogP contribution in [0, 0.1) is 11.7 Å². The van der Waals surface area contributed by atoms with E-state index in [0.29, 0.717) is 13.0 Å². The van der Waals surface area contributed by atoms with Gasteiger partial charge in [0.25, 0.3) is 0 Å². The third-order valence-corrected chi connectivity index (χ3v) is 3.62. The van der Waals surface area contributed by atoms with Crippen molar-refractivity contribution in [3.8, 4) is 0 Å². The van der Waals surface area contributed by atoms with Crippen molar-refractivity contribution >= 4 is 17.8 Å². The maximum atomic E-state index is 12.8. The van der Waals surface area contributed by atoms with Crippen LogP contribution in [0.25, 0.3) is 0 Å². The number of urea groups is 1. The summed E-state index contributed by atoms with van der Waals surface area (Å²) in [7, 11) is 0. The first-order valence-corrected chi connectivity index (χ1v) is 7.08. The summed E-state index contributed by atoms with van der Waals surface area (Å²) in [5.41, 5.74) is 0.797. The van der Waals surface area contributed by atoms with Gasteiger partial charge in [-0.1, -0.05) is 12.1 Å². The van der Waals surface area contributed by atoms with Crippen LogP contribution in [0.4, 0.5) is 9.18 Å². The van der Waals surface area contributed by atoms with Crippen molar-refractivity contribution in [2.24, 2.45) is 5.92 Å². The second-order valence-electron chi connectivity index (χ2n) is 5.30. The Bertz CT molecular complexity index is 574. The number of hydrogen-bond donors (Lipinski definition) is 3.